The van der Waals surface area contributed by atoms with E-state index in [0.717, 1.165) is 35.8 Å². The molecule has 1 unspecified atom stereocenters. The van der Waals surface area contributed by atoms with E-state index in [2.05, 4.69) is 59.1 Å². The van der Waals surface area contributed by atoms with Crippen molar-refractivity contribution in [2.24, 2.45) is 12.8 Å². The van der Waals surface area contributed by atoms with Crippen LogP contribution in [0.5, 0.6) is 0 Å². The predicted molar refractivity (Wildman–Crippen MR) is 91.5 cm³/mol. The highest BCUT2D eigenvalue weighted by molar-refractivity contribution is 9.10. The van der Waals surface area contributed by atoms with Crippen LogP contribution in [0.15, 0.2) is 28.7 Å². The third-order valence-electron chi connectivity index (χ3n) is 3.88. The fraction of sp³-hybridized carbons (Fsp3) is 0.471. The first kappa shape index (κ1) is 16.2. The molecule has 21 heavy (non-hydrogen) atoms. The van der Waals surface area contributed by atoms with Crippen LogP contribution in [0.3, 0.4) is 0 Å². The van der Waals surface area contributed by atoms with Crippen molar-refractivity contribution in [3.63, 3.8) is 0 Å². The Morgan fingerprint density at radius 1 is 1.29 bits per heavy atom. The zero-order valence-corrected chi connectivity index (χ0v) is 14.7. The summed E-state index contributed by atoms with van der Waals surface area (Å²) in [6.07, 6.45) is 3.81. The van der Waals surface area contributed by atoms with Crippen molar-refractivity contribution >= 4 is 15.9 Å². The van der Waals surface area contributed by atoms with Crippen molar-refractivity contribution in [1.29, 1.82) is 0 Å². The second-order valence-electron chi connectivity index (χ2n) is 5.67. The molecule has 3 nitrogen and oxygen atoms in total. The second-order valence-corrected chi connectivity index (χ2v) is 6.47. The zero-order valence-electron chi connectivity index (χ0n) is 13.1. The Labute approximate surface area is 135 Å². The molecular weight excluding hydrogens is 326 g/mol. The zero-order chi connectivity index (χ0) is 15.4. The highest BCUT2D eigenvalue weighted by atomic mass is 79.9. The Kier molecular flexibility index (Phi) is 5.59. The summed E-state index contributed by atoms with van der Waals surface area (Å²) in [5, 5.41) is 4.52. The van der Waals surface area contributed by atoms with Gasteiger partial charge in [-0.15, -0.1) is 0 Å². The van der Waals surface area contributed by atoms with E-state index in [4.69, 9.17) is 5.73 Å². The number of aromatic nitrogens is 2. The number of hydrogen-bond donors (Lipinski definition) is 1. The highest BCUT2D eigenvalue weighted by Gasteiger charge is 2.15. The minimum Gasteiger partial charge on any atom is -0.327 e. The Morgan fingerprint density at radius 2 is 1.95 bits per heavy atom. The highest BCUT2D eigenvalue weighted by Crippen LogP contribution is 2.23. The molecule has 2 aromatic rings. The van der Waals surface area contributed by atoms with E-state index in [-0.39, 0.29) is 6.04 Å². The Morgan fingerprint density at radius 3 is 2.52 bits per heavy atom. The van der Waals surface area contributed by atoms with Gasteiger partial charge >= 0.3 is 0 Å². The third kappa shape index (κ3) is 4.17. The minimum atomic E-state index is 0.155. The standard InChI is InChI=1S/C17H24BrN3/c1-4-15-17(18)16(21(3)20-15)11-14(19)10-9-13-7-5-12(2)6-8-13/h5-8,14H,4,9-11,19H2,1-3H3. The minimum absolute atomic E-state index is 0.155. The molecule has 1 heterocycles. The molecule has 2 N–H and O–H groups in total. The first-order valence-electron chi connectivity index (χ1n) is 7.52. The smallest absolute Gasteiger partial charge is 0.0766 e. The van der Waals surface area contributed by atoms with Crippen molar-refractivity contribution < 1.29 is 0 Å². The maximum Gasteiger partial charge on any atom is 0.0766 e. The van der Waals surface area contributed by atoms with Crippen LogP contribution in [-0.2, 0) is 26.3 Å². The van der Waals surface area contributed by atoms with Gasteiger partial charge in [0.2, 0.25) is 0 Å². The van der Waals surface area contributed by atoms with Crippen LogP contribution in [0.25, 0.3) is 0 Å². The molecule has 0 aliphatic rings. The first-order valence-corrected chi connectivity index (χ1v) is 8.32. The monoisotopic (exact) mass is 349 g/mol. The maximum atomic E-state index is 6.31. The van der Waals surface area contributed by atoms with Gasteiger partial charge in [-0.05, 0) is 47.7 Å². The van der Waals surface area contributed by atoms with E-state index < -0.39 is 0 Å². The summed E-state index contributed by atoms with van der Waals surface area (Å²) in [7, 11) is 1.99. The molecular formula is C17H24BrN3. The molecule has 1 aromatic heterocycles. The Bertz CT molecular complexity index is 587. The van der Waals surface area contributed by atoms with Crippen LogP contribution < -0.4 is 5.73 Å². The molecule has 0 amide bonds. The van der Waals surface area contributed by atoms with E-state index in [9.17, 15) is 0 Å². The molecule has 2 rings (SSSR count). The maximum absolute atomic E-state index is 6.31. The number of halogens is 1. The lowest BCUT2D eigenvalue weighted by Gasteiger charge is -2.12. The van der Waals surface area contributed by atoms with Crippen molar-refractivity contribution in [1.82, 2.24) is 9.78 Å². The quantitative estimate of drug-likeness (QED) is 0.866. The topological polar surface area (TPSA) is 43.8 Å². The molecule has 0 aliphatic carbocycles. The molecule has 4 heteroatoms. The van der Waals surface area contributed by atoms with Gasteiger partial charge in [0.05, 0.1) is 15.9 Å². The Balaban J connectivity index is 1.94. The molecule has 0 saturated carbocycles. The van der Waals surface area contributed by atoms with Gasteiger partial charge in [-0.1, -0.05) is 36.8 Å². The number of benzene rings is 1. The molecule has 1 atom stereocenters. The van der Waals surface area contributed by atoms with Gasteiger partial charge in [0.15, 0.2) is 0 Å². The summed E-state index contributed by atoms with van der Waals surface area (Å²) in [6.45, 7) is 4.23. The molecule has 0 aliphatic heterocycles. The summed E-state index contributed by atoms with van der Waals surface area (Å²) >= 11 is 3.66. The van der Waals surface area contributed by atoms with Crippen molar-refractivity contribution in [3.05, 3.63) is 51.3 Å². The molecule has 114 valence electrons. The third-order valence-corrected chi connectivity index (χ3v) is 4.80. The summed E-state index contributed by atoms with van der Waals surface area (Å²) < 4.78 is 3.08. The lowest BCUT2D eigenvalue weighted by atomic mass is 10.0. The second kappa shape index (κ2) is 7.23. The van der Waals surface area contributed by atoms with Crippen LogP contribution >= 0.6 is 15.9 Å². The number of aryl methyl sites for hydroxylation is 4. The van der Waals surface area contributed by atoms with Crippen LogP contribution in [0.2, 0.25) is 0 Å². The lowest BCUT2D eigenvalue weighted by molar-refractivity contribution is 0.576. The van der Waals surface area contributed by atoms with Crippen molar-refractivity contribution in [3.8, 4) is 0 Å². The largest absolute Gasteiger partial charge is 0.327 e. The normalized spacial score (nSPS) is 12.6. The van der Waals surface area contributed by atoms with Crippen LogP contribution in [0.4, 0.5) is 0 Å². The van der Waals surface area contributed by atoms with Gasteiger partial charge in [-0.2, -0.15) is 5.10 Å². The number of rotatable bonds is 6. The van der Waals surface area contributed by atoms with Crippen LogP contribution in [-0.4, -0.2) is 15.8 Å². The number of nitrogens with two attached hydrogens (primary N) is 1. The van der Waals surface area contributed by atoms with E-state index in [1.165, 1.54) is 16.8 Å². The van der Waals surface area contributed by atoms with Crippen molar-refractivity contribution in [2.45, 2.75) is 45.6 Å². The van der Waals surface area contributed by atoms with Gasteiger partial charge < -0.3 is 5.73 Å². The fourth-order valence-electron chi connectivity index (χ4n) is 2.50. The summed E-state index contributed by atoms with van der Waals surface area (Å²) in [6, 6.07) is 8.86. The fourth-order valence-corrected chi connectivity index (χ4v) is 3.28. The van der Waals surface area contributed by atoms with Gasteiger partial charge in [-0.3, -0.25) is 4.68 Å². The Hall–Kier alpha value is -1.13. The lowest BCUT2D eigenvalue weighted by Crippen LogP contribution is -2.25. The SMILES string of the molecule is CCc1nn(C)c(CC(N)CCc2ccc(C)cc2)c1Br. The molecule has 0 bridgehead atoms. The van der Waals surface area contributed by atoms with E-state index >= 15 is 0 Å². The average Bonchev–Trinajstić information content (AvgIpc) is 2.74. The first-order chi connectivity index (χ1) is 10.0. The van der Waals surface area contributed by atoms with Crippen LogP contribution in [0.1, 0.15) is 35.9 Å². The average molecular weight is 350 g/mol. The van der Waals surface area contributed by atoms with Gasteiger partial charge in [0.25, 0.3) is 0 Å². The van der Waals surface area contributed by atoms with Gasteiger partial charge in [0.1, 0.15) is 0 Å². The summed E-state index contributed by atoms with van der Waals surface area (Å²) in [5.41, 5.74) is 11.3. The molecule has 0 fully saturated rings. The number of hydrogen-bond acceptors (Lipinski definition) is 2. The summed E-state index contributed by atoms with van der Waals surface area (Å²) in [4.78, 5) is 0. The number of nitrogens with zero attached hydrogens (tertiary/aromatic N) is 2. The van der Waals surface area contributed by atoms with Gasteiger partial charge in [0, 0.05) is 19.5 Å². The van der Waals surface area contributed by atoms with E-state index in [1.807, 2.05) is 11.7 Å². The molecule has 0 spiro atoms. The molecule has 1 aromatic carbocycles. The van der Waals surface area contributed by atoms with E-state index in [1.54, 1.807) is 0 Å². The molecule has 0 saturated heterocycles. The predicted octanol–water partition coefficient (Wildman–Crippen LogP) is 3.56. The van der Waals surface area contributed by atoms with Crippen LogP contribution in [0, 0.1) is 6.92 Å². The van der Waals surface area contributed by atoms with Gasteiger partial charge in [-0.25, -0.2) is 0 Å². The van der Waals surface area contributed by atoms with E-state index in [0.29, 0.717) is 0 Å². The van der Waals surface area contributed by atoms with Crippen molar-refractivity contribution in [2.75, 3.05) is 0 Å². The summed E-state index contributed by atoms with van der Waals surface area (Å²) in [5.74, 6) is 0. The molecule has 0 radical (unpaired) electrons.